The second kappa shape index (κ2) is 4.80. The van der Waals surface area contributed by atoms with Gasteiger partial charge in [0, 0.05) is 18.5 Å². The molecule has 0 aliphatic rings. The third-order valence-corrected chi connectivity index (χ3v) is 2.76. The van der Waals surface area contributed by atoms with Crippen molar-refractivity contribution in [3.05, 3.63) is 47.0 Å². The maximum absolute atomic E-state index is 12.1. The molecular weight excluding hydrogens is 256 g/mol. The average Bonchev–Trinajstić information content (AvgIpc) is 2.91. The van der Waals surface area contributed by atoms with E-state index in [2.05, 4.69) is 15.1 Å². The topological polar surface area (TPSA) is 72.8 Å². The van der Waals surface area contributed by atoms with Crippen LogP contribution in [0.3, 0.4) is 0 Å². The number of ether oxygens (including phenoxy) is 1. The normalized spacial score (nSPS) is 11.2. The van der Waals surface area contributed by atoms with Crippen molar-refractivity contribution in [2.45, 2.75) is 20.0 Å². The van der Waals surface area contributed by atoms with E-state index in [1.807, 2.05) is 13.8 Å². The third kappa shape index (κ3) is 2.27. The zero-order chi connectivity index (χ0) is 14.1. The standard InChI is InChI=1S/C14H14N4O2/c1-9(2)20-10-4-5-11-12(8-10)16-14(17-13(11)19)18-7-3-6-15-18/h3-9H,1-2H3,(H,16,17,19). The molecule has 1 N–H and O–H groups in total. The van der Waals surface area contributed by atoms with Crippen LogP contribution in [0.4, 0.5) is 0 Å². The summed E-state index contributed by atoms with van der Waals surface area (Å²) < 4.78 is 7.13. The van der Waals surface area contributed by atoms with Crippen LogP contribution in [-0.2, 0) is 0 Å². The van der Waals surface area contributed by atoms with Crippen molar-refractivity contribution in [1.82, 2.24) is 19.7 Å². The van der Waals surface area contributed by atoms with Crippen molar-refractivity contribution in [3.8, 4) is 11.7 Å². The lowest BCUT2D eigenvalue weighted by Crippen LogP contribution is -2.14. The van der Waals surface area contributed by atoms with E-state index in [0.29, 0.717) is 22.6 Å². The smallest absolute Gasteiger partial charge is 0.260 e. The van der Waals surface area contributed by atoms with E-state index in [9.17, 15) is 4.79 Å². The molecule has 6 nitrogen and oxygen atoms in total. The van der Waals surface area contributed by atoms with Crippen molar-refractivity contribution < 1.29 is 4.74 Å². The van der Waals surface area contributed by atoms with Crippen LogP contribution in [0.1, 0.15) is 13.8 Å². The van der Waals surface area contributed by atoms with E-state index < -0.39 is 0 Å². The summed E-state index contributed by atoms with van der Waals surface area (Å²) in [5.74, 6) is 1.08. The Morgan fingerprint density at radius 2 is 2.20 bits per heavy atom. The van der Waals surface area contributed by atoms with Gasteiger partial charge >= 0.3 is 0 Å². The Labute approximate surface area is 115 Å². The predicted octanol–water partition coefficient (Wildman–Crippen LogP) is 1.90. The molecule has 0 aliphatic carbocycles. The van der Waals surface area contributed by atoms with Crippen LogP contribution >= 0.6 is 0 Å². The molecule has 2 heterocycles. The highest BCUT2D eigenvalue weighted by molar-refractivity contribution is 5.79. The Hall–Kier alpha value is -2.63. The van der Waals surface area contributed by atoms with Crippen LogP contribution in [0.15, 0.2) is 41.5 Å². The van der Waals surface area contributed by atoms with Gasteiger partial charge in [0.2, 0.25) is 5.95 Å². The molecule has 0 spiro atoms. The summed E-state index contributed by atoms with van der Waals surface area (Å²) in [5, 5.41) is 4.58. The third-order valence-electron chi connectivity index (χ3n) is 2.76. The lowest BCUT2D eigenvalue weighted by Gasteiger charge is -2.10. The second-order valence-electron chi connectivity index (χ2n) is 4.69. The molecule has 102 valence electrons. The molecule has 20 heavy (non-hydrogen) atoms. The van der Waals surface area contributed by atoms with E-state index in [1.165, 1.54) is 4.68 Å². The highest BCUT2D eigenvalue weighted by Gasteiger charge is 2.07. The van der Waals surface area contributed by atoms with Crippen LogP contribution in [0.5, 0.6) is 5.75 Å². The summed E-state index contributed by atoms with van der Waals surface area (Å²) in [6.07, 6.45) is 3.42. The fourth-order valence-electron chi connectivity index (χ4n) is 1.95. The van der Waals surface area contributed by atoms with Gasteiger partial charge in [-0.25, -0.2) is 9.67 Å². The van der Waals surface area contributed by atoms with Gasteiger partial charge in [-0.05, 0) is 32.0 Å². The van der Waals surface area contributed by atoms with E-state index in [-0.39, 0.29) is 11.7 Å². The summed E-state index contributed by atoms with van der Waals surface area (Å²) in [6, 6.07) is 7.01. The van der Waals surface area contributed by atoms with Gasteiger partial charge < -0.3 is 4.74 Å². The molecule has 0 fully saturated rings. The molecule has 2 aromatic heterocycles. The van der Waals surface area contributed by atoms with Gasteiger partial charge in [-0.1, -0.05) is 0 Å². The minimum Gasteiger partial charge on any atom is -0.491 e. The molecule has 3 aromatic rings. The summed E-state index contributed by atoms with van der Waals surface area (Å²) in [4.78, 5) is 19.2. The molecule has 0 saturated carbocycles. The Kier molecular flexibility index (Phi) is 2.98. The Bertz CT molecular complexity index is 791. The van der Waals surface area contributed by atoms with Gasteiger partial charge in [0.15, 0.2) is 0 Å². The van der Waals surface area contributed by atoms with Gasteiger partial charge in [-0.15, -0.1) is 0 Å². The molecule has 0 aliphatic heterocycles. The Balaban J connectivity index is 2.15. The zero-order valence-electron chi connectivity index (χ0n) is 11.2. The summed E-state index contributed by atoms with van der Waals surface area (Å²) in [5.41, 5.74) is 0.383. The van der Waals surface area contributed by atoms with Gasteiger partial charge in [0.25, 0.3) is 5.56 Å². The minimum atomic E-state index is -0.198. The lowest BCUT2D eigenvalue weighted by atomic mass is 10.2. The number of rotatable bonds is 3. The maximum atomic E-state index is 12.1. The number of fused-ring (bicyclic) bond motifs is 1. The van der Waals surface area contributed by atoms with Crippen molar-refractivity contribution in [3.63, 3.8) is 0 Å². The number of nitrogens with one attached hydrogen (secondary N) is 1. The first-order valence-electron chi connectivity index (χ1n) is 6.34. The SMILES string of the molecule is CC(C)Oc1ccc2c(=O)[nH]c(-n3cccn3)nc2c1. The fourth-order valence-corrected chi connectivity index (χ4v) is 1.95. The number of hydrogen-bond donors (Lipinski definition) is 1. The van der Waals surface area contributed by atoms with Crippen molar-refractivity contribution >= 4 is 10.9 Å². The lowest BCUT2D eigenvalue weighted by molar-refractivity contribution is 0.242. The first kappa shape index (κ1) is 12.4. The van der Waals surface area contributed by atoms with Crippen LogP contribution < -0.4 is 10.3 Å². The first-order valence-corrected chi connectivity index (χ1v) is 6.34. The van der Waals surface area contributed by atoms with E-state index >= 15 is 0 Å². The van der Waals surface area contributed by atoms with E-state index in [0.717, 1.165) is 0 Å². The highest BCUT2D eigenvalue weighted by Crippen LogP contribution is 2.18. The van der Waals surface area contributed by atoms with Gasteiger partial charge in [0.05, 0.1) is 17.0 Å². The molecule has 1 aromatic carbocycles. The van der Waals surface area contributed by atoms with Gasteiger partial charge in [0.1, 0.15) is 5.75 Å². The van der Waals surface area contributed by atoms with Crippen LogP contribution in [-0.4, -0.2) is 25.9 Å². The quantitative estimate of drug-likeness (QED) is 0.789. The molecular formula is C14H14N4O2. The molecule has 3 rings (SSSR count). The highest BCUT2D eigenvalue weighted by atomic mass is 16.5. The number of aromatic nitrogens is 4. The number of nitrogens with zero attached hydrogens (tertiary/aromatic N) is 3. The van der Waals surface area contributed by atoms with E-state index in [4.69, 9.17) is 4.74 Å². The first-order chi connectivity index (χ1) is 9.63. The largest absolute Gasteiger partial charge is 0.491 e. The molecule has 6 heteroatoms. The monoisotopic (exact) mass is 270 g/mol. The summed E-state index contributed by atoms with van der Waals surface area (Å²) in [6.45, 7) is 3.90. The summed E-state index contributed by atoms with van der Waals surface area (Å²) in [7, 11) is 0. The van der Waals surface area contributed by atoms with Crippen molar-refractivity contribution in [1.29, 1.82) is 0 Å². The molecule has 0 bridgehead atoms. The van der Waals surface area contributed by atoms with Gasteiger partial charge in [-0.2, -0.15) is 5.10 Å². The van der Waals surface area contributed by atoms with Crippen molar-refractivity contribution in [2.75, 3.05) is 0 Å². The summed E-state index contributed by atoms with van der Waals surface area (Å²) >= 11 is 0. The maximum Gasteiger partial charge on any atom is 0.260 e. The average molecular weight is 270 g/mol. The zero-order valence-corrected chi connectivity index (χ0v) is 11.2. The molecule has 0 amide bonds. The van der Waals surface area contributed by atoms with Crippen LogP contribution in [0, 0.1) is 0 Å². The fraction of sp³-hybridized carbons (Fsp3) is 0.214. The van der Waals surface area contributed by atoms with Crippen LogP contribution in [0.2, 0.25) is 0 Å². The molecule has 0 saturated heterocycles. The molecule has 0 radical (unpaired) electrons. The van der Waals surface area contributed by atoms with Crippen molar-refractivity contribution in [2.24, 2.45) is 0 Å². The number of aromatic amines is 1. The Morgan fingerprint density at radius 3 is 2.90 bits per heavy atom. The predicted molar refractivity (Wildman–Crippen MR) is 75.2 cm³/mol. The Morgan fingerprint density at radius 1 is 1.35 bits per heavy atom. The van der Waals surface area contributed by atoms with E-state index in [1.54, 1.807) is 36.7 Å². The molecule has 0 atom stereocenters. The number of H-pyrrole nitrogens is 1. The van der Waals surface area contributed by atoms with Crippen LogP contribution in [0.25, 0.3) is 16.9 Å². The van der Waals surface area contributed by atoms with Gasteiger partial charge in [-0.3, -0.25) is 9.78 Å². The minimum absolute atomic E-state index is 0.0695. The number of hydrogen-bond acceptors (Lipinski definition) is 4. The molecule has 0 unspecified atom stereocenters. The second-order valence-corrected chi connectivity index (χ2v) is 4.69. The number of benzene rings is 1.